The van der Waals surface area contributed by atoms with Crippen LogP contribution in [0.25, 0.3) is 0 Å². The summed E-state index contributed by atoms with van der Waals surface area (Å²) < 4.78 is 5.05. The van der Waals surface area contributed by atoms with Crippen molar-refractivity contribution in [3.05, 3.63) is 6.33 Å². The number of hydrogen-bond donors (Lipinski definition) is 1. The van der Waals surface area contributed by atoms with E-state index < -0.39 is 0 Å². The van der Waals surface area contributed by atoms with Gasteiger partial charge in [0.15, 0.2) is 4.34 Å². The molecule has 1 aromatic rings. The molecule has 0 saturated heterocycles. The lowest BCUT2D eigenvalue weighted by atomic mass is 10.2. The highest BCUT2D eigenvalue weighted by atomic mass is 32.2. The van der Waals surface area contributed by atoms with Crippen molar-refractivity contribution in [3.63, 3.8) is 0 Å². The van der Waals surface area contributed by atoms with E-state index in [0.29, 0.717) is 5.41 Å². The van der Waals surface area contributed by atoms with Crippen LogP contribution in [0.3, 0.4) is 0 Å². The Labute approximate surface area is 85.7 Å². The van der Waals surface area contributed by atoms with Crippen molar-refractivity contribution >= 4 is 35.9 Å². The minimum atomic E-state index is 0.527. The third kappa shape index (κ3) is 1.95. The molecule has 5 heteroatoms. The Morgan fingerprint density at radius 1 is 1.67 bits per heavy atom. The molecule has 2 nitrogen and oxygen atoms in total. The lowest BCUT2D eigenvalue weighted by Gasteiger charge is -2.08. The highest BCUT2D eigenvalue weighted by Gasteiger charge is 2.41. The molecule has 0 radical (unpaired) electrons. The second-order valence-corrected chi connectivity index (χ2v) is 5.47. The van der Waals surface area contributed by atoms with E-state index in [9.17, 15) is 0 Å². The summed E-state index contributed by atoms with van der Waals surface area (Å²) in [6, 6.07) is 0. The first-order chi connectivity index (χ1) is 5.85. The molecule has 1 aliphatic rings. The fraction of sp³-hybridized carbons (Fsp3) is 0.714. The first-order valence-corrected chi connectivity index (χ1v) is 6.24. The van der Waals surface area contributed by atoms with Gasteiger partial charge in [0, 0.05) is 5.75 Å². The molecule has 0 spiro atoms. The van der Waals surface area contributed by atoms with E-state index in [0.717, 1.165) is 15.8 Å². The van der Waals surface area contributed by atoms with Crippen molar-refractivity contribution < 1.29 is 0 Å². The number of thiol groups is 1. The highest BCUT2D eigenvalue weighted by Crippen LogP contribution is 2.49. The van der Waals surface area contributed by atoms with Gasteiger partial charge < -0.3 is 0 Å². The predicted octanol–water partition coefficient (Wildman–Crippen LogP) is 2.34. The maximum absolute atomic E-state index is 4.35. The van der Waals surface area contributed by atoms with E-state index in [1.807, 2.05) is 11.8 Å². The van der Waals surface area contributed by atoms with Crippen LogP contribution in [0.4, 0.5) is 0 Å². The normalized spacial score (nSPS) is 19.4. The summed E-state index contributed by atoms with van der Waals surface area (Å²) in [5.74, 6) is 2.17. The topological polar surface area (TPSA) is 25.8 Å². The van der Waals surface area contributed by atoms with Crippen molar-refractivity contribution in [3.8, 4) is 0 Å². The molecule has 0 aliphatic heterocycles. The molecule has 1 aromatic heterocycles. The van der Waals surface area contributed by atoms with Crippen LogP contribution in [0, 0.1) is 5.41 Å². The number of hydrogen-bond acceptors (Lipinski definition) is 5. The van der Waals surface area contributed by atoms with E-state index in [1.165, 1.54) is 24.4 Å². The van der Waals surface area contributed by atoms with Gasteiger partial charge >= 0.3 is 0 Å². The van der Waals surface area contributed by atoms with Gasteiger partial charge in [0.25, 0.3) is 0 Å². The molecule has 0 N–H and O–H groups in total. The molecule has 0 bridgehead atoms. The Morgan fingerprint density at radius 2 is 2.50 bits per heavy atom. The van der Waals surface area contributed by atoms with Gasteiger partial charge in [-0.3, -0.25) is 0 Å². The molecule has 0 unspecified atom stereocenters. The zero-order valence-electron chi connectivity index (χ0n) is 6.56. The van der Waals surface area contributed by atoms with E-state index in [1.54, 1.807) is 6.33 Å². The summed E-state index contributed by atoms with van der Waals surface area (Å²) in [5.41, 5.74) is 0.527. The van der Waals surface area contributed by atoms with Gasteiger partial charge in [-0.05, 0) is 35.5 Å². The maximum atomic E-state index is 4.35. The Balaban J connectivity index is 1.83. The minimum absolute atomic E-state index is 0.527. The van der Waals surface area contributed by atoms with Crippen LogP contribution in [-0.4, -0.2) is 20.9 Å². The van der Waals surface area contributed by atoms with Gasteiger partial charge in [0.05, 0.1) is 0 Å². The molecule has 0 atom stereocenters. The Bertz CT molecular complexity index is 243. The second-order valence-electron chi connectivity index (χ2n) is 3.15. The molecule has 1 aliphatic carbocycles. The molecule has 1 fully saturated rings. The fourth-order valence-corrected chi connectivity index (χ4v) is 3.28. The van der Waals surface area contributed by atoms with E-state index in [4.69, 9.17) is 0 Å². The number of aromatic nitrogens is 2. The number of rotatable bonds is 4. The molecular weight excluding hydrogens is 208 g/mol. The molecule has 1 heterocycles. The Hall–Kier alpha value is 0.260. The predicted molar refractivity (Wildman–Crippen MR) is 56.2 cm³/mol. The van der Waals surface area contributed by atoms with Crippen LogP contribution in [0.5, 0.6) is 0 Å². The quantitative estimate of drug-likeness (QED) is 0.620. The minimum Gasteiger partial charge on any atom is -0.216 e. The average molecular weight is 218 g/mol. The van der Waals surface area contributed by atoms with E-state index in [-0.39, 0.29) is 0 Å². The zero-order chi connectivity index (χ0) is 8.44. The summed E-state index contributed by atoms with van der Waals surface area (Å²) in [5, 5.41) is 0. The summed E-state index contributed by atoms with van der Waals surface area (Å²) >= 11 is 7.64. The third-order valence-electron chi connectivity index (χ3n) is 2.14. The monoisotopic (exact) mass is 218 g/mol. The summed E-state index contributed by atoms with van der Waals surface area (Å²) in [7, 11) is 0. The van der Waals surface area contributed by atoms with Crippen molar-refractivity contribution in [1.29, 1.82) is 0 Å². The lowest BCUT2D eigenvalue weighted by molar-refractivity contribution is 0.683. The van der Waals surface area contributed by atoms with Crippen molar-refractivity contribution in [2.24, 2.45) is 5.41 Å². The molecule has 2 rings (SSSR count). The summed E-state index contributed by atoms with van der Waals surface area (Å²) in [4.78, 5) is 4.13. The first kappa shape index (κ1) is 8.84. The van der Waals surface area contributed by atoms with Gasteiger partial charge in [-0.1, -0.05) is 11.8 Å². The fourth-order valence-electron chi connectivity index (χ4n) is 0.966. The Kier molecular flexibility index (Phi) is 2.62. The average Bonchev–Trinajstić information content (AvgIpc) is 2.70. The van der Waals surface area contributed by atoms with Gasteiger partial charge in [-0.25, -0.2) is 4.98 Å². The summed E-state index contributed by atoms with van der Waals surface area (Å²) in [6.07, 6.45) is 4.29. The zero-order valence-corrected chi connectivity index (χ0v) is 9.09. The van der Waals surface area contributed by atoms with Gasteiger partial charge in [0.1, 0.15) is 6.33 Å². The van der Waals surface area contributed by atoms with Crippen molar-refractivity contribution in [2.75, 3.05) is 11.5 Å². The summed E-state index contributed by atoms with van der Waals surface area (Å²) in [6.45, 7) is 0. The van der Waals surface area contributed by atoms with Crippen LogP contribution in [0.2, 0.25) is 0 Å². The molecular formula is C7H10N2S3. The standard InChI is InChI=1S/C7H10N2S3/c10-3-7(1-2-7)4-11-6-8-5-9-12-6/h5,10H,1-4H2. The van der Waals surface area contributed by atoms with Crippen molar-refractivity contribution in [2.45, 2.75) is 17.2 Å². The maximum Gasteiger partial charge on any atom is 0.169 e. The molecule has 0 aromatic carbocycles. The number of nitrogens with zero attached hydrogens (tertiary/aromatic N) is 2. The second kappa shape index (κ2) is 3.55. The molecule has 1 saturated carbocycles. The smallest absolute Gasteiger partial charge is 0.169 e. The lowest BCUT2D eigenvalue weighted by Crippen LogP contribution is -2.05. The van der Waals surface area contributed by atoms with Crippen LogP contribution in [-0.2, 0) is 0 Å². The third-order valence-corrected chi connectivity index (χ3v) is 4.95. The van der Waals surface area contributed by atoms with Gasteiger partial charge in [-0.15, -0.1) is 0 Å². The van der Waals surface area contributed by atoms with E-state index in [2.05, 4.69) is 22.0 Å². The van der Waals surface area contributed by atoms with Gasteiger partial charge in [-0.2, -0.15) is 17.0 Å². The molecule has 12 heavy (non-hydrogen) atoms. The van der Waals surface area contributed by atoms with Crippen LogP contribution in [0.1, 0.15) is 12.8 Å². The van der Waals surface area contributed by atoms with Crippen molar-refractivity contribution in [1.82, 2.24) is 9.36 Å². The van der Waals surface area contributed by atoms with E-state index >= 15 is 0 Å². The number of thioether (sulfide) groups is 1. The highest BCUT2D eigenvalue weighted by molar-refractivity contribution is 8.01. The van der Waals surface area contributed by atoms with Crippen LogP contribution < -0.4 is 0 Å². The molecule has 66 valence electrons. The largest absolute Gasteiger partial charge is 0.216 e. The van der Waals surface area contributed by atoms with Crippen LogP contribution >= 0.6 is 35.9 Å². The first-order valence-electron chi connectivity index (χ1n) is 3.85. The van der Waals surface area contributed by atoms with Gasteiger partial charge in [0.2, 0.25) is 0 Å². The van der Waals surface area contributed by atoms with Crippen LogP contribution in [0.15, 0.2) is 10.7 Å². The SMILES string of the molecule is SCC1(CSc2ncns2)CC1. The molecule has 0 amide bonds. The Morgan fingerprint density at radius 3 is 3.00 bits per heavy atom.